The molecule has 3 rings (SSSR count). The second-order valence-electron chi connectivity index (χ2n) is 5.22. The largest absolute Gasteiger partial charge is 0.240 e. The van der Waals surface area contributed by atoms with Crippen LogP contribution < -0.4 is 5.14 Å². The monoisotopic (exact) mass is 415 g/mol. The third-order valence-corrected chi connectivity index (χ3v) is 5.20. The number of aromatic nitrogens is 2. The van der Waals surface area contributed by atoms with Gasteiger partial charge in [0.05, 0.1) is 5.69 Å². The minimum Gasteiger partial charge on any atom is -0.239 e. The maximum atomic E-state index is 12.2. The molecule has 0 radical (unpaired) electrons. The minimum atomic E-state index is -4.06. The lowest BCUT2D eigenvalue weighted by atomic mass is 10.0. The summed E-state index contributed by atoms with van der Waals surface area (Å²) in [4.78, 5) is -1.10. The molecule has 25 heavy (non-hydrogen) atoms. The van der Waals surface area contributed by atoms with E-state index in [0.717, 1.165) is 5.56 Å². The summed E-state index contributed by atoms with van der Waals surface area (Å²) < 4.78 is 25.8. The van der Waals surface area contributed by atoms with E-state index in [1.807, 2.05) is 0 Å². The molecule has 5 nitrogen and oxygen atoms in total. The summed E-state index contributed by atoms with van der Waals surface area (Å²) in [5, 5.41) is 10.1. The van der Waals surface area contributed by atoms with Crippen molar-refractivity contribution in [3.8, 4) is 16.8 Å². The van der Waals surface area contributed by atoms with Crippen LogP contribution in [0.2, 0.25) is 5.02 Å². The summed E-state index contributed by atoms with van der Waals surface area (Å²) in [6.07, 6.45) is 3.10. The summed E-state index contributed by atoms with van der Waals surface area (Å²) in [7, 11) is -4.06. The zero-order valence-electron chi connectivity index (χ0n) is 12.6. The normalized spacial score (nSPS) is 11.9. The van der Waals surface area contributed by atoms with Crippen LogP contribution in [0.15, 0.2) is 59.8 Å². The van der Waals surface area contributed by atoms with Crippen LogP contribution in [0, 0.1) is 0 Å². The SMILES string of the molecule is NS(=O)(=O)c1cc(-c2ccc(Cl)cc2)cc(C(Cl)Cl)c1-n1cccn1. The fourth-order valence-electron chi connectivity index (χ4n) is 2.47. The molecule has 130 valence electrons. The molecular weight excluding hydrogens is 405 g/mol. The van der Waals surface area contributed by atoms with Gasteiger partial charge in [-0.15, -0.1) is 0 Å². The van der Waals surface area contributed by atoms with E-state index in [1.165, 1.54) is 16.9 Å². The number of benzene rings is 2. The second kappa shape index (κ2) is 6.97. The Labute approximate surface area is 160 Å². The molecule has 0 aliphatic heterocycles. The van der Waals surface area contributed by atoms with Crippen LogP contribution in [-0.2, 0) is 10.0 Å². The standard InChI is InChI=1S/C16H12Cl3N3O2S/c17-12-4-2-10(3-5-12)11-8-13(16(18)19)15(22-7-1-6-21-22)14(9-11)25(20,23)24/h1-9,16H,(H2,20,23,24). The highest BCUT2D eigenvalue weighted by Gasteiger charge is 2.24. The predicted octanol–water partition coefficient (Wildman–Crippen LogP) is 4.32. The lowest BCUT2D eigenvalue weighted by Gasteiger charge is -2.17. The average molecular weight is 417 g/mol. The molecular formula is C16H12Cl3N3O2S. The molecule has 3 aromatic rings. The molecule has 0 spiro atoms. The first-order valence-corrected chi connectivity index (χ1v) is 9.82. The van der Waals surface area contributed by atoms with Crippen molar-refractivity contribution in [2.45, 2.75) is 9.73 Å². The Morgan fingerprint density at radius 3 is 2.28 bits per heavy atom. The number of nitrogens with two attached hydrogens (primary N) is 1. The Hall–Kier alpha value is -1.57. The van der Waals surface area contributed by atoms with Gasteiger partial charge in [0.25, 0.3) is 0 Å². The molecule has 0 unspecified atom stereocenters. The second-order valence-corrected chi connectivity index (χ2v) is 8.28. The van der Waals surface area contributed by atoms with E-state index in [1.54, 1.807) is 42.6 Å². The Balaban J connectivity index is 2.35. The first kappa shape index (κ1) is 18.2. The number of primary sulfonamides is 1. The van der Waals surface area contributed by atoms with Crippen LogP contribution in [0.4, 0.5) is 0 Å². The fraction of sp³-hybridized carbons (Fsp3) is 0.0625. The lowest BCUT2D eigenvalue weighted by Crippen LogP contribution is -2.17. The maximum Gasteiger partial charge on any atom is 0.240 e. The Morgan fingerprint density at radius 1 is 1.08 bits per heavy atom. The van der Waals surface area contributed by atoms with Gasteiger partial charge < -0.3 is 0 Å². The molecule has 0 fully saturated rings. The van der Waals surface area contributed by atoms with Crippen molar-refractivity contribution >= 4 is 44.8 Å². The van der Waals surface area contributed by atoms with Crippen molar-refractivity contribution in [1.29, 1.82) is 0 Å². The van der Waals surface area contributed by atoms with Gasteiger partial charge in [0.15, 0.2) is 0 Å². The van der Waals surface area contributed by atoms with Crippen molar-refractivity contribution in [2.24, 2.45) is 5.14 Å². The van der Waals surface area contributed by atoms with E-state index < -0.39 is 14.9 Å². The van der Waals surface area contributed by atoms with Crippen molar-refractivity contribution < 1.29 is 8.42 Å². The number of halogens is 3. The van der Waals surface area contributed by atoms with Crippen molar-refractivity contribution in [1.82, 2.24) is 9.78 Å². The highest BCUT2D eigenvalue weighted by atomic mass is 35.5. The minimum absolute atomic E-state index is 0.120. The van der Waals surface area contributed by atoms with Crippen molar-refractivity contribution in [2.75, 3.05) is 0 Å². The van der Waals surface area contributed by atoms with Crippen LogP contribution >= 0.6 is 34.8 Å². The van der Waals surface area contributed by atoms with Crippen molar-refractivity contribution in [3.63, 3.8) is 0 Å². The lowest BCUT2D eigenvalue weighted by molar-refractivity contribution is 0.596. The maximum absolute atomic E-state index is 12.2. The van der Waals surface area contributed by atoms with E-state index in [-0.39, 0.29) is 10.6 Å². The van der Waals surface area contributed by atoms with E-state index >= 15 is 0 Å². The van der Waals surface area contributed by atoms with E-state index in [0.29, 0.717) is 16.1 Å². The highest BCUT2D eigenvalue weighted by molar-refractivity contribution is 7.89. The molecule has 0 amide bonds. The Bertz CT molecular complexity index is 1000. The number of rotatable bonds is 4. The Morgan fingerprint density at radius 2 is 1.76 bits per heavy atom. The van der Waals surface area contributed by atoms with Gasteiger partial charge in [0, 0.05) is 23.0 Å². The fourth-order valence-corrected chi connectivity index (χ4v) is 3.70. The number of alkyl halides is 2. The van der Waals surface area contributed by atoms with E-state index in [9.17, 15) is 8.42 Å². The molecule has 0 saturated heterocycles. The van der Waals surface area contributed by atoms with Gasteiger partial charge in [-0.3, -0.25) is 0 Å². The summed E-state index contributed by atoms with van der Waals surface area (Å²) in [5.74, 6) is 0. The Kier molecular flexibility index (Phi) is 5.09. The molecule has 1 aromatic heterocycles. The topological polar surface area (TPSA) is 78.0 Å². The number of hydrogen-bond acceptors (Lipinski definition) is 3. The third-order valence-electron chi connectivity index (χ3n) is 3.56. The zero-order valence-corrected chi connectivity index (χ0v) is 15.7. The third kappa shape index (κ3) is 3.83. The van der Waals surface area contributed by atoms with Gasteiger partial charge in [-0.05, 0) is 41.5 Å². The zero-order chi connectivity index (χ0) is 18.2. The number of nitrogens with zero attached hydrogens (tertiary/aromatic N) is 2. The highest BCUT2D eigenvalue weighted by Crippen LogP contribution is 2.37. The molecule has 0 aliphatic rings. The molecule has 1 heterocycles. The van der Waals surface area contributed by atoms with Crippen LogP contribution in [-0.4, -0.2) is 18.2 Å². The van der Waals surface area contributed by atoms with Crippen LogP contribution in [0.5, 0.6) is 0 Å². The number of hydrogen-bond donors (Lipinski definition) is 1. The van der Waals surface area contributed by atoms with E-state index in [4.69, 9.17) is 39.9 Å². The molecule has 0 atom stereocenters. The first-order chi connectivity index (χ1) is 11.8. The van der Waals surface area contributed by atoms with Gasteiger partial charge in [-0.2, -0.15) is 5.10 Å². The number of sulfonamides is 1. The molecule has 0 bridgehead atoms. The molecule has 9 heteroatoms. The smallest absolute Gasteiger partial charge is 0.239 e. The van der Waals surface area contributed by atoms with Gasteiger partial charge in [-0.1, -0.05) is 46.9 Å². The predicted molar refractivity (Wildman–Crippen MR) is 99.8 cm³/mol. The van der Waals surface area contributed by atoms with Gasteiger partial charge >= 0.3 is 0 Å². The summed E-state index contributed by atoms with van der Waals surface area (Å²) in [6.45, 7) is 0. The van der Waals surface area contributed by atoms with Gasteiger partial charge in [-0.25, -0.2) is 18.2 Å². The summed E-state index contributed by atoms with van der Waals surface area (Å²) in [5.41, 5.74) is 1.94. The first-order valence-electron chi connectivity index (χ1n) is 7.02. The molecule has 2 aromatic carbocycles. The van der Waals surface area contributed by atoms with Gasteiger partial charge in [0.1, 0.15) is 9.73 Å². The summed E-state index contributed by atoms with van der Waals surface area (Å²) >= 11 is 18.1. The molecule has 0 aliphatic carbocycles. The van der Waals surface area contributed by atoms with Crippen LogP contribution in [0.1, 0.15) is 10.4 Å². The average Bonchev–Trinajstić information content (AvgIpc) is 3.07. The van der Waals surface area contributed by atoms with E-state index in [2.05, 4.69) is 5.10 Å². The van der Waals surface area contributed by atoms with Gasteiger partial charge in [0.2, 0.25) is 10.0 Å². The molecule has 2 N–H and O–H groups in total. The van der Waals surface area contributed by atoms with Crippen LogP contribution in [0.25, 0.3) is 16.8 Å². The summed E-state index contributed by atoms with van der Waals surface area (Å²) in [6, 6.07) is 11.8. The van der Waals surface area contributed by atoms with Crippen molar-refractivity contribution in [3.05, 3.63) is 65.4 Å². The molecule has 0 saturated carbocycles. The van der Waals surface area contributed by atoms with Crippen LogP contribution in [0.3, 0.4) is 0 Å². The quantitative estimate of drug-likeness (QED) is 0.643.